The number of rotatable bonds is 7. The highest BCUT2D eigenvalue weighted by Gasteiger charge is 2.14. The molecule has 0 spiro atoms. The zero-order valence-corrected chi connectivity index (χ0v) is 11.7. The molecular weight excluding hydrogens is 244 g/mol. The standard InChI is InChI=1S/C13H22N4O2/c1-4-10(3)9-16(5-2)12-6-11(15-14)7-13(8-12)17(18)19/h6-8,10,15H,4-5,9,14H2,1-3H3. The van der Waals surface area contributed by atoms with Gasteiger partial charge in [0.15, 0.2) is 0 Å². The van der Waals surface area contributed by atoms with E-state index >= 15 is 0 Å². The monoisotopic (exact) mass is 266 g/mol. The van der Waals surface area contributed by atoms with E-state index in [9.17, 15) is 10.1 Å². The van der Waals surface area contributed by atoms with E-state index < -0.39 is 4.92 Å². The number of non-ortho nitro benzene ring substituents is 1. The van der Waals surface area contributed by atoms with Gasteiger partial charge in [0.1, 0.15) is 0 Å². The minimum Gasteiger partial charge on any atom is -0.371 e. The third kappa shape index (κ3) is 4.10. The summed E-state index contributed by atoms with van der Waals surface area (Å²) in [6.07, 6.45) is 1.08. The topological polar surface area (TPSA) is 84.4 Å². The number of nitrogens with two attached hydrogens (primary N) is 1. The van der Waals surface area contributed by atoms with Crippen molar-refractivity contribution in [2.75, 3.05) is 23.4 Å². The predicted octanol–water partition coefficient (Wildman–Crippen LogP) is 2.75. The second-order valence-corrected chi connectivity index (χ2v) is 4.69. The van der Waals surface area contributed by atoms with E-state index in [0.717, 1.165) is 25.2 Å². The zero-order valence-electron chi connectivity index (χ0n) is 11.7. The molecule has 1 atom stereocenters. The summed E-state index contributed by atoms with van der Waals surface area (Å²) in [5.41, 5.74) is 3.90. The SMILES string of the molecule is CCC(C)CN(CC)c1cc(NN)cc([N+](=O)[O-])c1. The summed E-state index contributed by atoms with van der Waals surface area (Å²) < 4.78 is 0. The quantitative estimate of drug-likeness (QED) is 0.450. The van der Waals surface area contributed by atoms with Crippen LogP contribution in [-0.2, 0) is 0 Å². The first-order valence-electron chi connectivity index (χ1n) is 6.52. The number of nitrogens with zero attached hydrogens (tertiary/aromatic N) is 2. The normalized spacial score (nSPS) is 12.0. The number of hydrazine groups is 1. The molecule has 0 fully saturated rings. The van der Waals surface area contributed by atoms with Gasteiger partial charge in [-0.3, -0.25) is 16.0 Å². The van der Waals surface area contributed by atoms with Crippen LogP contribution in [0.2, 0.25) is 0 Å². The molecule has 0 bridgehead atoms. The molecule has 0 saturated heterocycles. The average Bonchev–Trinajstić information content (AvgIpc) is 2.43. The van der Waals surface area contributed by atoms with Gasteiger partial charge < -0.3 is 10.3 Å². The largest absolute Gasteiger partial charge is 0.371 e. The first-order valence-corrected chi connectivity index (χ1v) is 6.52. The summed E-state index contributed by atoms with van der Waals surface area (Å²) in [6.45, 7) is 8.02. The van der Waals surface area contributed by atoms with E-state index in [1.165, 1.54) is 6.07 Å². The van der Waals surface area contributed by atoms with Crippen LogP contribution in [0, 0.1) is 16.0 Å². The second-order valence-electron chi connectivity index (χ2n) is 4.69. The molecule has 1 aromatic rings. The molecule has 1 rings (SSSR count). The average molecular weight is 266 g/mol. The van der Waals surface area contributed by atoms with Gasteiger partial charge in [0.25, 0.3) is 5.69 Å². The van der Waals surface area contributed by atoms with Crippen molar-refractivity contribution in [3.63, 3.8) is 0 Å². The maximum Gasteiger partial charge on any atom is 0.273 e. The van der Waals surface area contributed by atoms with Crippen molar-refractivity contribution in [3.05, 3.63) is 28.3 Å². The number of nitro benzene ring substituents is 1. The minimum absolute atomic E-state index is 0.0491. The molecule has 0 radical (unpaired) electrons. The highest BCUT2D eigenvalue weighted by molar-refractivity contribution is 5.64. The van der Waals surface area contributed by atoms with E-state index in [4.69, 9.17) is 5.84 Å². The number of hydrogen-bond acceptors (Lipinski definition) is 5. The molecule has 0 aromatic heterocycles. The summed E-state index contributed by atoms with van der Waals surface area (Å²) in [4.78, 5) is 12.7. The van der Waals surface area contributed by atoms with Crippen LogP contribution in [0.1, 0.15) is 27.2 Å². The van der Waals surface area contributed by atoms with Gasteiger partial charge in [0, 0.05) is 30.9 Å². The fourth-order valence-electron chi connectivity index (χ4n) is 1.89. The Labute approximate surface area is 113 Å². The van der Waals surface area contributed by atoms with Crippen molar-refractivity contribution in [1.29, 1.82) is 0 Å². The second kappa shape index (κ2) is 6.94. The number of hydrogen-bond donors (Lipinski definition) is 2. The molecule has 6 nitrogen and oxygen atoms in total. The predicted molar refractivity (Wildman–Crippen MR) is 78.2 cm³/mol. The number of nitrogens with one attached hydrogen (secondary N) is 1. The van der Waals surface area contributed by atoms with Crippen molar-refractivity contribution in [2.24, 2.45) is 11.8 Å². The van der Waals surface area contributed by atoms with Gasteiger partial charge in [0.2, 0.25) is 0 Å². The minimum atomic E-state index is -0.401. The lowest BCUT2D eigenvalue weighted by molar-refractivity contribution is -0.384. The molecular formula is C13H22N4O2. The van der Waals surface area contributed by atoms with Crippen LogP contribution in [0.15, 0.2) is 18.2 Å². The Hall–Kier alpha value is -1.82. The molecule has 0 aliphatic rings. The molecule has 0 aliphatic heterocycles. The van der Waals surface area contributed by atoms with Gasteiger partial charge >= 0.3 is 0 Å². The smallest absolute Gasteiger partial charge is 0.273 e. The molecule has 0 amide bonds. The van der Waals surface area contributed by atoms with Crippen LogP contribution in [0.25, 0.3) is 0 Å². The summed E-state index contributed by atoms with van der Waals surface area (Å²) in [6, 6.07) is 4.85. The van der Waals surface area contributed by atoms with Gasteiger partial charge in [0.05, 0.1) is 10.6 Å². The number of nitro groups is 1. The first kappa shape index (κ1) is 15.2. The lowest BCUT2D eigenvalue weighted by atomic mass is 10.1. The van der Waals surface area contributed by atoms with Crippen molar-refractivity contribution in [1.82, 2.24) is 0 Å². The first-order chi connectivity index (χ1) is 9.01. The Bertz CT molecular complexity index is 437. The van der Waals surface area contributed by atoms with Gasteiger partial charge in [-0.2, -0.15) is 0 Å². The number of benzene rings is 1. The fraction of sp³-hybridized carbons (Fsp3) is 0.538. The molecule has 106 valence electrons. The molecule has 0 aliphatic carbocycles. The van der Waals surface area contributed by atoms with Crippen LogP contribution < -0.4 is 16.2 Å². The third-order valence-corrected chi connectivity index (χ3v) is 3.26. The van der Waals surface area contributed by atoms with Gasteiger partial charge in [-0.25, -0.2) is 0 Å². The number of nitrogen functional groups attached to an aromatic ring is 1. The summed E-state index contributed by atoms with van der Waals surface area (Å²) in [5, 5.41) is 10.9. The molecule has 6 heteroatoms. The summed E-state index contributed by atoms with van der Waals surface area (Å²) >= 11 is 0. The lowest BCUT2D eigenvalue weighted by Crippen LogP contribution is -2.28. The maximum absolute atomic E-state index is 10.9. The Balaban J connectivity index is 3.08. The van der Waals surface area contributed by atoms with Crippen LogP contribution in [0.3, 0.4) is 0 Å². The van der Waals surface area contributed by atoms with Crippen molar-refractivity contribution in [2.45, 2.75) is 27.2 Å². The van der Waals surface area contributed by atoms with Crippen molar-refractivity contribution >= 4 is 17.1 Å². The zero-order chi connectivity index (χ0) is 14.4. The Morgan fingerprint density at radius 3 is 2.58 bits per heavy atom. The van der Waals surface area contributed by atoms with Crippen LogP contribution >= 0.6 is 0 Å². The highest BCUT2D eigenvalue weighted by Crippen LogP contribution is 2.27. The molecule has 1 aromatic carbocycles. The lowest BCUT2D eigenvalue weighted by Gasteiger charge is -2.26. The summed E-state index contributed by atoms with van der Waals surface area (Å²) in [5.74, 6) is 5.90. The van der Waals surface area contributed by atoms with Crippen LogP contribution in [0.5, 0.6) is 0 Å². The molecule has 1 unspecified atom stereocenters. The Morgan fingerprint density at radius 1 is 1.42 bits per heavy atom. The highest BCUT2D eigenvalue weighted by atomic mass is 16.6. The molecule has 19 heavy (non-hydrogen) atoms. The van der Waals surface area contributed by atoms with E-state index in [2.05, 4.69) is 24.2 Å². The van der Waals surface area contributed by atoms with E-state index in [1.807, 2.05) is 13.0 Å². The molecule has 0 saturated carbocycles. The van der Waals surface area contributed by atoms with E-state index in [0.29, 0.717) is 11.6 Å². The Morgan fingerprint density at radius 2 is 2.11 bits per heavy atom. The maximum atomic E-state index is 10.9. The van der Waals surface area contributed by atoms with E-state index in [-0.39, 0.29) is 5.69 Å². The van der Waals surface area contributed by atoms with Crippen molar-refractivity contribution in [3.8, 4) is 0 Å². The summed E-state index contributed by atoms with van der Waals surface area (Å²) in [7, 11) is 0. The van der Waals surface area contributed by atoms with E-state index in [1.54, 1.807) is 6.07 Å². The van der Waals surface area contributed by atoms with Gasteiger partial charge in [-0.15, -0.1) is 0 Å². The third-order valence-electron chi connectivity index (χ3n) is 3.26. The van der Waals surface area contributed by atoms with Crippen LogP contribution in [-0.4, -0.2) is 18.0 Å². The number of anilines is 2. The Kier molecular flexibility index (Phi) is 5.57. The van der Waals surface area contributed by atoms with Gasteiger partial charge in [-0.05, 0) is 18.9 Å². The van der Waals surface area contributed by atoms with Crippen molar-refractivity contribution < 1.29 is 4.92 Å². The fourth-order valence-corrected chi connectivity index (χ4v) is 1.89. The molecule has 0 heterocycles. The van der Waals surface area contributed by atoms with Crippen LogP contribution in [0.4, 0.5) is 17.1 Å². The molecule has 3 N–H and O–H groups in total. The van der Waals surface area contributed by atoms with Gasteiger partial charge in [-0.1, -0.05) is 20.3 Å².